The van der Waals surface area contributed by atoms with Crippen LogP contribution in [0, 0.1) is 0 Å². The molecule has 116 valence electrons. The summed E-state index contributed by atoms with van der Waals surface area (Å²) in [6, 6.07) is 13.4. The van der Waals surface area contributed by atoms with E-state index in [2.05, 4.69) is 26.2 Å². The van der Waals surface area contributed by atoms with Gasteiger partial charge in [0.15, 0.2) is 0 Å². The van der Waals surface area contributed by atoms with E-state index in [0.29, 0.717) is 11.6 Å². The van der Waals surface area contributed by atoms with Gasteiger partial charge in [-0.2, -0.15) is 0 Å². The standard InChI is InChI=1S/C18H14BrClN2O/c19-14-4-7-16-13(11-21-17(16)9-14)3-8-18(23)22-10-12-1-5-15(20)6-2-12/h1-9,11,21H,10H2,(H,22,23). The molecule has 3 rings (SSSR count). The summed E-state index contributed by atoms with van der Waals surface area (Å²) in [6.07, 6.45) is 5.24. The summed E-state index contributed by atoms with van der Waals surface area (Å²) in [5, 5.41) is 4.62. The molecule has 3 nitrogen and oxygen atoms in total. The van der Waals surface area contributed by atoms with Gasteiger partial charge in [0.1, 0.15) is 0 Å². The van der Waals surface area contributed by atoms with Crippen molar-refractivity contribution in [3.63, 3.8) is 0 Å². The van der Waals surface area contributed by atoms with E-state index in [9.17, 15) is 4.79 Å². The number of hydrogen-bond donors (Lipinski definition) is 2. The van der Waals surface area contributed by atoms with Crippen LogP contribution in [0.4, 0.5) is 0 Å². The Kier molecular flexibility index (Phi) is 4.84. The molecule has 1 amide bonds. The Morgan fingerprint density at radius 2 is 2.00 bits per heavy atom. The molecule has 0 unspecified atom stereocenters. The number of H-pyrrole nitrogens is 1. The van der Waals surface area contributed by atoms with Crippen LogP contribution in [0.5, 0.6) is 0 Å². The van der Waals surface area contributed by atoms with Gasteiger partial charge >= 0.3 is 0 Å². The van der Waals surface area contributed by atoms with Gasteiger partial charge in [-0.1, -0.05) is 45.7 Å². The number of amides is 1. The highest BCUT2D eigenvalue weighted by molar-refractivity contribution is 9.10. The first-order chi connectivity index (χ1) is 11.1. The molecule has 1 heterocycles. The second-order valence-corrected chi connectivity index (χ2v) is 6.46. The number of benzene rings is 2. The highest BCUT2D eigenvalue weighted by Gasteiger charge is 2.02. The monoisotopic (exact) mass is 388 g/mol. The Morgan fingerprint density at radius 3 is 2.78 bits per heavy atom. The molecule has 0 saturated carbocycles. The number of nitrogens with one attached hydrogen (secondary N) is 2. The summed E-state index contributed by atoms with van der Waals surface area (Å²) in [4.78, 5) is 15.1. The van der Waals surface area contributed by atoms with Crippen LogP contribution in [-0.2, 0) is 11.3 Å². The Bertz CT molecular complexity index is 868. The number of aromatic nitrogens is 1. The Labute approximate surface area is 147 Å². The molecule has 23 heavy (non-hydrogen) atoms. The van der Waals surface area contributed by atoms with Crippen molar-refractivity contribution < 1.29 is 4.79 Å². The van der Waals surface area contributed by atoms with Crippen LogP contribution in [0.25, 0.3) is 17.0 Å². The van der Waals surface area contributed by atoms with Crippen LogP contribution in [-0.4, -0.2) is 10.9 Å². The molecular weight excluding hydrogens is 376 g/mol. The second kappa shape index (κ2) is 7.02. The van der Waals surface area contributed by atoms with Crippen LogP contribution in [0.15, 0.2) is 59.2 Å². The van der Waals surface area contributed by atoms with E-state index in [4.69, 9.17) is 11.6 Å². The fraction of sp³-hybridized carbons (Fsp3) is 0.0556. The molecule has 0 atom stereocenters. The first-order valence-electron chi connectivity index (χ1n) is 7.09. The lowest BCUT2D eigenvalue weighted by molar-refractivity contribution is -0.116. The maximum atomic E-state index is 11.9. The molecule has 0 aliphatic carbocycles. The topological polar surface area (TPSA) is 44.9 Å². The van der Waals surface area contributed by atoms with Crippen LogP contribution in [0.1, 0.15) is 11.1 Å². The van der Waals surface area contributed by atoms with E-state index in [1.165, 1.54) is 0 Å². The molecule has 0 bridgehead atoms. The van der Waals surface area contributed by atoms with Gasteiger partial charge < -0.3 is 10.3 Å². The maximum absolute atomic E-state index is 11.9. The largest absolute Gasteiger partial charge is 0.361 e. The van der Waals surface area contributed by atoms with E-state index >= 15 is 0 Å². The molecule has 3 aromatic rings. The fourth-order valence-electron chi connectivity index (χ4n) is 2.27. The normalized spacial score (nSPS) is 11.2. The van der Waals surface area contributed by atoms with Gasteiger partial charge in [-0.15, -0.1) is 0 Å². The number of fused-ring (bicyclic) bond motifs is 1. The second-order valence-electron chi connectivity index (χ2n) is 5.11. The summed E-state index contributed by atoms with van der Waals surface area (Å²) in [7, 11) is 0. The van der Waals surface area contributed by atoms with E-state index in [-0.39, 0.29) is 5.91 Å². The number of hydrogen-bond acceptors (Lipinski definition) is 1. The molecule has 2 aromatic carbocycles. The van der Waals surface area contributed by atoms with Crippen LogP contribution >= 0.6 is 27.5 Å². The molecule has 2 N–H and O–H groups in total. The van der Waals surface area contributed by atoms with Crippen molar-refractivity contribution in [2.45, 2.75) is 6.54 Å². The number of rotatable bonds is 4. The van der Waals surface area contributed by atoms with Crippen molar-refractivity contribution in [2.24, 2.45) is 0 Å². The molecule has 0 radical (unpaired) electrons. The van der Waals surface area contributed by atoms with Gasteiger partial charge in [-0.3, -0.25) is 4.79 Å². The highest BCUT2D eigenvalue weighted by atomic mass is 79.9. The molecule has 1 aromatic heterocycles. The van der Waals surface area contributed by atoms with E-state index in [1.807, 2.05) is 54.7 Å². The molecule has 0 aliphatic rings. The van der Waals surface area contributed by atoms with Crippen molar-refractivity contribution >= 4 is 50.4 Å². The number of halogens is 2. The van der Waals surface area contributed by atoms with Crippen molar-refractivity contribution in [3.8, 4) is 0 Å². The third kappa shape index (κ3) is 4.03. The molecule has 0 saturated heterocycles. The first kappa shape index (κ1) is 15.8. The zero-order valence-corrected chi connectivity index (χ0v) is 14.5. The van der Waals surface area contributed by atoms with Gasteiger partial charge in [0, 0.05) is 39.2 Å². The number of carbonyl (C=O) groups excluding carboxylic acids is 1. The highest BCUT2D eigenvalue weighted by Crippen LogP contribution is 2.23. The predicted molar refractivity (Wildman–Crippen MR) is 98.3 cm³/mol. The third-order valence-corrected chi connectivity index (χ3v) is 4.22. The molecule has 0 spiro atoms. The number of carbonyl (C=O) groups is 1. The van der Waals surface area contributed by atoms with Gasteiger partial charge in [-0.25, -0.2) is 0 Å². The zero-order valence-electron chi connectivity index (χ0n) is 12.1. The smallest absolute Gasteiger partial charge is 0.244 e. The molecular formula is C18H14BrClN2O. The quantitative estimate of drug-likeness (QED) is 0.612. The predicted octanol–water partition coefficient (Wildman–Crippen LogP) is 4.91. The summed E-state index contributed by atoms with van der Waals surface area (Å²) >= 11 is 9.27. The average molecular weight is 390 g/mol. The average Bonchev–Trinajstić information content (AvgIpc) is 2.94. The molecule has 5 heteroatoms. The van der Waals surface area contributed by atoms with Gasteiger partial charge in [-0.05, 0) is 41.5 Å². The van der Waals surface area contributed by atoms with E-state index in [0.717, 1.165) is 26.5 Å². The first-order valence-corrected chi connectivity index (χ1v) is 8.26. The van der Waals surface area contributed by atoms with Crippen LogP contribution in [0.3, 0.4) is 0 Å². The van der Waals surface area contributed by atoms with Crippen LogP contribution < -0.4 is 5.32 Å². The lowest BCUT2D eigenvalue weighted by atomic mass is 10.1. The Morgan fingerprint density at radius 1 is 1.22 bits per heavy atom. The summed E-state index contributed by atoms with van der Waals surface area (Å²) in [5.74, 6) is -0.133. The van der Waals surface area contributed by atoms with Gasteiger partial charge in [0.25, 0.3) is 0 Å². The van der Waals surface area contributed by atoms with Gasteiger partial charge in [0.2, 0.25) is 5.91 Å². The van der Waals surface area contributed by atoms with Crippen molar-refractivity contribution in [2.75, 3.05) is 0 Å². The van der Waals surface area contributed by atoms with Gasteiger partial charge in [0.05, 0.1) is 0 Å². The minimum Gasteiger partial charge on any atom is -0.361 e. The van der Waals surface area contributed by atoms with Crippen molar-refractivity contribution in [1.82, 2.24) is 10.3 Å². The Balaban J connectivity index is 1.64. The van der Waals surface area contributed by atoms with E-state index in [1.54, 1.807) is 6.08 Å². The SMILES string of the molecule is O=C(C=Cc1c[nH]c2cc(Br)ccc12)NCc1ccc(Cl)cc1. The summed E-state index contributed by atoms with van der Waals surface area (Å²) in [5.41, 5.74) is 3.02. The lowest BCUT2D eigenvalue weighted by Gasteiger charge is -2.02. The van der Waals surface area contributed by atoms with Crippen molar-refractivity contribution in [1.29, 1.82) is 0 Å². The summed E-state index contributed by atoms with van der Waals surface area (Å²) in [6.45, 7) is 0.473. The number of aromatic amines is 1. The fourth-order valence-corrected chi connectivity index (χ4v) is 2.76. The zero-order chi connectivity index (χ0) is 16.2. The van der Waals surface area contributed by atoms with Crippen LogP contribution in [0.2, 0.25) is 5.02 Å². The minimum absolute atomic E-state index is 0.133. The Hall–Kier alpha value is -2.04. The summed E-state index contributed by atoms with van der Waals surface area (Å²) < 4.78 is 1.02. The lowest BCUT2D eigenvalue weighted by Crippen LogP contribution is -2.20. The molecule has 0 aliphatic heterocycles. The molecule has 0 fully saturated rings. The minimum atomic E-state index is -0.133. The van der Waals surface area contributed by atoms with Crippen molar-refractivity contribution in [3.05, 3.63) is 75.4 Å². The maximum Gasteiger partial charge on any atom is 0.244 e. The van der Waals surface area contributed by atoms with E-state index < -0.39 is 0 Å². The third-order valence-electron chi connectivity index (χ3n) is 3.47.